The second-order valence-corrected chi connectivity index (χ2v) is 9.75. The van der Waals surface area contributed by atoms with Gasteiger partial charge in [-0.3, -0.25) is 0 Å². The van der Waals surface area contributed by atoms with E-state index in [1.807, 2.05) is 42.6 Å². The van der Waals surface area contributed by atoms with E-state index in [1.54, 1.807) is 16.5 Å². The fourth-order valence-corrected chi connectivity index (χ4v) is 6.00. The molecule has 0 bridgehead atoms. The summed E-state index contributed by atoms with van der Waals surface area (Å²) in [5.74, 6) is 2.47. The Hall–Kier alpha value is -2.62. The van der Waals surface area contributed by atoms with Crippen LogP contribution in [0.1, 0.15) is 24.0 Å². The van der Waals surface area contributed by atoms with E-state index in [0.717, 1.165) is 27.7 Å². The van der Waals surface area contributed by atoms with Gasteiger partial charge in [-0.25, -0.2) is 17.7 Å². The molecule has 9 heteroatoms. The van der Waals surface area contributed by atoms with Crippen molar-refractivity contribution in [3.05, 3.63) is 65.9 Å². The first kappa shape index (κ1) is 19.4. The lowest BCUT2D eigenvalue weighted by molar-refractivity contribution is 0.309. The molecule has 154 valence electrons. The number of piperidine rings is 1. The van der Waals surface area contributed by atoms with Crippen LogP contribution in [-0.4, -0.2) is 47.9 Å². The molecule has 1 saturated heterocycles. The van der Waals surface area contributed by atoms with Crippen LogP contribution in [0.2, 0.25) is 0 Å². The summed E-state index contributed by atoms with van der Waals surface area (Å²) in [7, 11) is -4.39. The summed E-state index contributed by atoms with van der Waals surface area (Å²) >= 11 is 0. The first-order valence-corrected chi connectivity index (χ1v) is 11.7. The van der Waals surface area contributed by atoms with E-state index in [4.69, 9.17) is 4.65 Å². The molecule has 1 aromatic carbocycles. The van der Waals surface area contributed by atoms with Gasteiger partial charge >= 0.3 is 7.12 Å². The molecule has 7 nitrogen and oxygen atoms in total. The lowest BCUT2D eigenvalue weighted by Gasteiger charge is -2.34. The van der Waals surface area contributed by atoms with Gasteiger partial charge in [0.05, 0.1) is 11.9 Å². The highest BCUT2D eigenvalue weighted by molar-refractivity contribution is 7.88. The number of aromatic nitrogens is 2. The number of nitrogens with zero attached hydrogens (tertiary/aromatic N) is 2. The Balaban J connectivity index is 1.37. The summed E-state index contributed by atoms with van der Waals surface area (Å²) in [6.45, 7) is 0.926. The van der Waals surface area contributed by atoms with Crippen molar-refractivity contribution in [3.8, 4) is 5.75 Å². The molecule has 1 fully saturated rings. The van der Waals surface area contributed by atoms with Crippen molar-refractivity contribution < 1.29 is 18.1 Å². The molecule has 0 saturated carbocycles. The zero-order valence-corrected chi connectivity index (χ0v) is 17.2. The van der Waals surface area contributed by atoms with Gasteiger partial charge in [-0.1, -0.05) is 30.3 Å². The van der Waals surface area contributed by atoms with Gasteiger partial charge in [-0.15, -0.1) is 0 Å². The fraction of sp³-hybridized carbons (Fsp3) is 0.286. The van der Waals surface area contributed by atoms with E-state index < -0.39 is 17.1 Å². The topological polar surface area (TPSA) is 95.5 Å². The molecule has 0 unspecified atom stereocenters. The number of H-pyrrole nitrogens is 1. The largest absolute Gasteiger partial charge is 0.552 e. The van der Waals surface area contributed by atoms with Crippen molar-refractivity contribution in [2.24, 2.45) is 5.92 Å². The maximum Gasteiger partial charge on any atom is 0.552 e. The average Bonchev–Trinajstić information content (AvgIpc) is 3.22. The van der Waals surface area contributed by atoms with Crippen LogP contribution < -0.4 is 4.65 Å². The van der Waals surface area contributed by atoms with Crippen molar-refractivity contribution in [1.29, 1.82) is 0 Å². The number of sulfonamides is 1. The van der Waals surface area contributed by atoms with E-state index in [-0.39, 0.29) is 11.7 Å². The Labute approximate surface area is 175 Å². The molecular formula is C21H22BN3O4S. The minimum Gasteiger partial charge on any atom is -0.531 e. The second-order valence-electron chi connectivity index (χ2n) is 7.78. The lowest BCUT2D eigenvalue weighted by atomic mass is 9.74. The lowest BCUT2D eigenvalue weighted by Crippen LogP contribution is -2.39. The monoisotopic (exact) mass is 423 g/mol. The Morgan fingerprint density at radius 2 is 1.97 bits per heavy atom. The van der Waals surface area contributed by atoms with Crippen LogP contribution in [0.3, 0.4) is 0 Å². The summed E-state index contributed by atoms with van der Waals surface area (Å²) in [5.41, 5.74) is 3.52. The number of hydrogen-bond donors (Lipinski definition) is 2. The number of benzene rings is 1. The third-order valence-electron chi connectivity index (χ3n) is 5.89. The zero-order valence-electron chi connectivity index (χ0n) is 16.4. The summed E-state index contributed by atoms with van der Waals surface area (Å²) in [6, 6.07) is 11.2. The van der Waals surface area contributed by atoms with E-state index in [0.29, 0.717) is 31.7 Å². The minimum absolute atomic E-state index is 0.0201. The van der Waals surface area contributed by atoms with Gasteiger partial charge in [0.15, 0.2) is 0 Å². The maximum absolute atomic E-state index is 12.9. The highest BCUT2D eigenvalue weighted by Gasteiger charge is 2.34. The quantitative estimate of drug-likeness (QED) is 0.629. The van der Waals surface area contributed by atoms with Crippen molar-refractivity contribution in [1.82, 2.24) is 14.3 Å². The standard InChI is InChI=1S/C21H22BN3O4S/c26-22-12-18(20-17-6-9-23-21(17)24-13-19(20)29-22)16-7-10-25(11-8-16)30(27,28)14-15-4-2-1-3-5-15/h1-6,9,12-13,16,26H,7-8,10-11,14H2,(H,23,24). The number of rotatable bonds is 4. The first-order chi connectivity index (χ1) is 14.5. The summed E-state index contributed by atoms with van der Waals surface area (Å²) < 4.78 is 32.9. The van der Waals surface area contributed by atoms with E-state index in [1.165, 1.54) is 0 Å². The molecule has 0 radical (unpaired) electrons. The van der Waals surface area contributed by atoms with E-state index in [9.17, 15) is 13.4 Å². The maximum atomic E-state index is 12.9. The summed E-state index contributed by atoms with van der Waals surface area (Å²) in [4.78, 5) is 7.46. The smallest absolute Gasteiger partial charge is 0.531 e. The molecule has 0 amide bonds. The third kappa shape index (κ3) is 3.53. The van der Waals surface area contributed by atoms with Gasteiger partial charge in [0.1, 0.15) is 11.4 Å². The molecule has 0 atom stereocenters. The molecular weight excluding hydrogens is 401 g/mol. The molecule has 4 heterocycles. The van der Waals surface area contributed by atoms with Crippen LogP contribution >= 0.6 is 0 Å². The number of fused-ring (bicyclic) bond motifs is 3. The SMILES string of the molecule is O=S(=O)(Cc1ccccc1)N1CCC(C2=CB(O)Oc3cnc4[nH]ccc4c32)CC1. The van der Waals surface area contributed by atoms with Gasteiger partial charge in [-0.2, -0.15) is 0 Å². The van der Waals surface area contributed by atoms with Crippen molar-refractivity contribution >= 4 is 33.7 Å². The predicted octanol–water partition coefficient (Wildman–Crippen LogP) is 2.60. The molecule has 0 aliphatic carbocycles. The average molecular weight is 423 g/mol. The van der Waals surface area contributed by atoms with Crippen molar-refractivity contribution in [2.75, 3.05) is 13.1 Å². The molecule has 2 aliphatic heterocycles. The molecule has 2 N–H and O–H groups in total. The molecule has 5 rings (SSSR count). The van der Waals surface area contributed by atoms with Gasteiger partial charge in [-0.05, 0) is 41.9 Å². The minimum atomic E-state index is -3.36. The van der Waals surface area contributed by atoms with Crippen LogP contribution in [0, 0.1) is 5.92 Å². The number of allylic oxidation sites excluding steroid dienone is 1. The molecule has 30 heavy (non-hydrogen) atoms. The Morgan fingerprint density at radius 1 is 1.20 bits per heavy atom. The first-order valence-electron chi connectivity index (χ1n) is 10.1. The Kier molecular flexibility index (Phi) is 4.89. The highest BCUT2D eigenvalue weighted by Crippen LogP contribution is 2.42. The third-order valence-corrected chi connectivity index (χ3v) is 7.74. The van der Waals surface area contributed by atoms with Gasteiger partial charge in [0, 0.05) is 30.2 Å². The molecule has 2 aliphatic rings. The highest BCUT2D eigenvalue weighted by atomic mass is 32.2. The van der Waals surface area contributed by atoms with Crippen LogP contribution in [0.15, 0.2) is 54.8 Å². The zero-order chi connectivity index (χ0) is 20.7. The van der Waals surface area contributed by atoms with Crippen LogP contribution in [0.25, 0.3) is 16.6 Å². The summed E-state index contributed by atoms with van der Waals surface area (Å²) in [5, 5.41) is 11.1. The Bertz CT molecular complexity index is 1200. The van der Waals surface area contributed by atoms with Gasteiger partial charge in [0.2, 0.25) is 10.0 Å². The fourth-order valence-electron chi connectivity index (χ4n) is 4.44. The van der Waals surface area contributed by atoms with Gasteiger partial charge in [0.25, 0.3) is 0 Å². The van der Waals surface area contributed by atoms with Crippen molar-refractivity contribution in [3.63, 3.8) is 0 Å². The number of nitrogens with one attached hydrogen (secondary N) is 1. The number of pyridine rings is 1. The van der Waals surface area contributed by atoms with Gasteiger partial charge < -0.3 is 14.7 Å². The van der Waals surface area contributed by atoms with Crippen LogP contribution in [0.4, 0.5) is 0 Å². The normalized spacial score (nSPS) is 18.2. The molecule has 3 aromatic rings. The molecule has 2 aromatic heterocycles. The summed E-state index contributed by atoms with van der Waals surface area (Å²) in [6.07, 6.45) is 4.85. The van der Waals surface area contributed by atoms with Crippen LogP contribution in [-0.2, 0) is 15.8 Å². The number of aromatic amines is 1. The second kappa shape index (κ2) is 7.57. The van der Waals surface area contributed by atoms with E-state index >= 15 is 0 Å². The predicted molar refractivity (Wildman–Crippen MR) is 116 cm³/mol. The molecule has 0 spiro atoms. The Morgan fingerprint density at radius 3 is 2.73 bits per heavy atom. The van der Waals surface area contributed by atoms with E-state index in [2.05, 4.69) is 9.97 Å². The number of hydrogen-bond acceptors (Lipinski definition) is 5. The van der Waals surface area contributed by atoms with Crippen molar-refractivity contribution in [2.45, 2.75) is 18.6 Å². The van der Waals surface area contributed by atoms with Crippen LogP contribution in [0.5, 0.6) is 5.75 Å².